The fraction of sp³-hybridized carbons (Fsp3) is 0.235. The zero-order valence-corrected chi connectivity index (χ0v) is 15.0. The summed E-state index contributed by atoms with van der Waals surface area (Å²) >= 11 is 3.35. The van der Waals surface area contributed by atoms with Gasteiger partial charge < -0.3 is 0 Å². The van der Waals surface area contributed by atoms with Gasteiger partial charge in [0.05, 0.1) is 5.69 Å². The van der Waals surface area contributed by atoms with Crippen LogP contribution in [-0.2, 0) is 12.3 Å². The summed E-state index contributed by atoms with van der Waals surface area (Å²) in [6.07, 6.45) is 0. The first-order chi connectivity index (χ1) is 11.7. The lowest BCUT2D eigenvalue weighted by Crippen LogP contribution is -2.13. The highest BCUT2D eigenvalue weighted by Gasteiger charge is 2.22. The summed E-state index contributed by atoms with van der Waals surface area (Å²) in [5.41, 5.74) is 3.54. The molecule has 0 fully saturated rings. The van der Waals surface area contributed by atoms with E-state index in [0.717, 1.165) is 29.2 Å². The summed E-state index contributed by atoms with van der Waals surface area (Å²) < 4.78 is 1.81. The van der Waals surface area contributed by atoms with Gasteiger partial charge in [-0.25, -0.2) is 4.98 Å². The second-order valence-electron chi connectivity index (χ2n) is 5.52. The van der Waals surface area contributed by atoms with Crippen LogP contribution in [-0.4, -0.2) is 20.7 Å². The maximum atomic E-state index is 12.4. The molecular formula is C17H16N4OS2. The molecule has 0 unspecified atom stereocenters. The van der Waals surface area contributed by atoms with Crippen LogP contribution in [0.25, 0.3) is 11.3 Å². The summed E-state index contributed by atoms with van der Waals surface area (Å²) in [5.74, 6) is 0.682. The number of thiazole rings is 1. The monoisotopic (exact) mass is 356 g/mol. The lowest BCUT2D eigenvalue weighted by atomic mass is 10.1. The van der Waals surface area contributed by atoms with Gasteiger partial charge in [0.15, 0.2) is 10.8 Å². The predicted octanol–water partition coefficient (Wildman–Crippen LogP) is 4.19. The Morgan fingerprint density at radius 1 is 1.38 bits per heavy atom. The normalized spacial score (nSPS) is 12.6. The van der Waals surface area contributed by atoms with Crippen molar-refractivity contribution in [1.82, 2.24) is 14.8 Å². The number of fused-ring (bicyclic) bond motifs is 3. The van der Waals surface area contributed by atoms with Gasteiger partial charge in [0, 0.05) is 33.3 Å². The molecule has 0 atom stereocenters. The highest BCUT2D eigenvalue weighted by Crippen LogP contribution is 2.44. The number of rotatable bonds is 3. The van der Waals surface area contributed by atoms with Crippen LogP contribution in [0.2, 0.25) is 0 Å². The Balaban J connectivity index is 1.61. The van der Waals surface area contributed by atoms with E-state index < -0.39 is 0 Å². The van der Waals surface area contributed by atoms with Crippen molar-refractivity contribution in [2.24, 2.45) is 0 Å². The minimum absolute atomic E-state index is 0.211. The number of aryl methyl sites for hydroxylation is 2. The van der Waals surface area contributed by atoms with E-state index in [-0.39, 0.29) is 5.91 Å². The highest BCUT2D eigenvalue weighted by molar-refractivity contribution is 7.98. The molecule has 0 spiro atoms. The molecule has 0 radical (unpaired) electrons. The molecule has 1 aliphatic rings. The number of benzene rings is 1. The van der Waals surface area contributed by atoms with Crippen molar-refractivity contribution in [3.8, 4) is 11.3 Å². The van der Waals surface area contributed by atoms with Crippen molar-refractivity contribution in [3.05, 3.63) is 46.6 Å². The maximum Gasteiger partial charge on any atom is 0.277 e. The standard InChI is InChI=1S/C17H16N4OS2/c1-3-21-10(2)8-12(20-21)16(22)19-17-18-15-11-6-4-5-7-13(11)23-9-14(15)24-17/h4-8H,3,9H2,1-2H3,(H,18,19,22). The first kappa shape index (κ1) is 15.4. The fourth-order valence-electron chi connectivity index (χ4n) is 2.75. The molecule has 3 heterocycles. The number of carbonyl (C=O) groups is 1. The van der Waals surface area contributed by atoms with E-state index >= 15 is 0 Å². The van der Waals surface area contributed by atoms with Gasteiger partial charge in [0.25, 0.3) is 5.91 Å². The topological polar surface area (TPSA) is 59.8 Å². The van der Waals surface area contributed by atoms with Gasteiger partial charge in [-0.3, -0.25) is 14.8 Å². The molecule has 1 aromatic carbocycles. The lowest BCUT2D eigenvalue weighted by molar-refractivity contribution is 0.102. The quantitative estimate of drug-likeness (QED) is 0.764. The number of hydrogen-bond donors (Lipinski definition) is 1. The third-order valence-corrected chi connectivity index (χ3v) is 6.19. The van der Waals surface area contributed by atoms with Crippen molar-refractivity contribution < 1.29 is 4.79 Å². The van der Waals surface area contributed by atoms with Crippen LogP contribution in [0, 0.1) is 6.92 Å². The number of hydrogen-bond acceptors (Lipinski definition) is 5. The number of aromatic nitrogens is 3. The number of nitrogens with one attached hydrogen (secondary N) is 1. The molecule has 1 amide bonds. The molecule has 5 nitrogen and oxygen atoms in total. The largest absolute Gasteiger partial charge is 0.296 e. The summed E-state index contributed by atoms with van der Waals surface area (Å²) in [4.78, 5) is 19.5. The van der Waals surface area contributed by atoms with Crippen LogP contribution < -0.4 is 5.32 Å². The van der Waals surface area contributed by atoms with E-state index in [9.17, 15) is 4.79 Å². The Labute approximate surface area is 148 Å². The van der Waals surface area contributed by atoms with E-state index in [4.69, 9.17) is 0 Å². The summed E-state index contributed by atoms with van der Waals surface area (Å²) in [7, 11) is 0. The summed E-state index contributed by atoms with van der Waals surface area (Å²) in [5, 5.41) is 7.84. The van der Waals surface area contributed by atoms with Crippen molar-refractivity contribution >= 4 is 34.1 Å². The molecule has 0 saturated carbocycles. The maximum absolute atomic E-state index is 12.4. The van der Waals surface area contributed by atoms with E-state index in [1.165, 1.54) is 9.77 Å². The third-order valence-electron chi connectivity index (χ3n) is 3.93. The number of carbonyl (C=O) groups excluding carboxylic acids is 1. The highest BCUT2D eigenvalue weighted by atomic mass is 32.2. The second-order valence-corrected chi connectivity index (χ2v) is 7.62. The van der Waals surface area contributed by atoms with Crippen LogP contribution in [0.4, 0.5) is 5.13 Å². The van der Waals surface area contributed by atoms with Gasteiger partial charge in [-0.15, -0.1) is 23.1 Å². The smallest absolute Gasteiger partial charge is 0.277 e. The number of nitrogens with zero attached hydrogens (tertiary/aromatic N) is 3. The molecule has 1 aliphatic heterocycles. The summed E-state index contributed by atoms with van der Waals surface area (Å²) in [6.45, 7) is 4.70. The van der Waals surface area contributed by atoms with Crippen LogP contribution in [0.15, 0.2) is 35.2 Å². The Morgan fingerprint density at radius 3 is 3.00 bits per heavy atom. The lowest BCUT2D eigenvalue weighted by Gasteiger charge is -2.13. The first-order valence-corrected chi connectivity index (χ1v) is 9.53. The first-order valence-electron chi connectivity index (χ1n) is 7.73. The molecule has 24 heavy (non-hydrogen) atoms. The van der Waals surface area contributed by atoms with Crippen molar-refractivity contribution in [2.45, 2.75) is 31.0 Å². The molecule has 0 saturated heterocycles. The molecule has 122 valence electrons. The molecule has 3 aromatic rings. The van der Waals surface area contributed by atoms with Gasteiger partial charge in [-0.05, 0) is 26.0 Å². The minimum Gasteiger partial charge on any atom is -0.296 e. The number of amides is 1. The van der Waals surface area contributed by atoms with Gasteiger partial charge in [0.2, 0.25) is 0 Å². The molecule has 4 rings (SSSR count). The average Bonchev–Trinajstić information content (AvgIpc) is 3.17. The van der Waals surface area contributed by atoms with E-state index in [0.29, 0.717) is 10.8 Å². The number of anilines is 1. The SMILES string of the molecule is CCn1nc(C(=O)Nc2nc3c(s2)CSc2ccccc2-3)cc1C. The third kappa shape index (κ3) is 2.63. The Bertz CT molecular complexity index is 929. The summed E-state index contributed by atoms with van der Waals surface area (Å²) in [6, 6.07) is 10.1. The van der Waals surface area contributed by atoms with Crippen LogP contribution >= 0.6 is 23.1 Å². The van der Waals surface area contributed by atoms with E-state index in [1.54, 1.807) is 17.4 Å². The van der Waals surface area contributed by atoms with Gasteiger partial charge in [-0.2, -0.15) is 5.10 Å². The van der Waals surface area contributed by atoms with Crippen LogP contribution in [0.3, 0.4) is 0 Å². The fourth-order valence-corrected chi connectivity index (χ4v) is 4.84. The number of thioether (sulfide) groups is 1. The predicted molar refractivity (Wildman–Crippen MR) is 97.7 cm³/mol. The second kappa shape index (κ2) is 6.07. The Hall–Kier alpha value is -2.12. The molecule has 0 bridgehead atoms. The molecular weight excluding hydrogens is 340 g/mol. The van der Waals surface area contributed by atoms with Crippen LogP contribution in [0.5, 0.6) is 0 Å². The van der Waals surface area contributed by atoms with Gasteiger partial charge >= 0.3 is 0 Å². The Kier molecular flexibility index (Phi) is 3.90. The molecule has 1 N–H and O–H groups in total. The molecule has 0 aliphatic carbocycles. The van der Waals surface area contributed by atoms with Gasteiger partial charge in [-0.1, -0.05) is 18.2 Å². The van der Waals surface area contributed by atoms with Crippen LogP contribution in [0.1, 0.15) is 28.0 Å². The molecule has 7 heteroatoms. The zero-order chi connectivity index (χ0) is 16.7. The van der Waals surface area contributed by atoms with E-state index in [1.807, 2.05) is 42.4 Å². The van der Waals surface area contributed by atoms with Gasteiger partial charge in [0.1, 0.15) is 0 Å². The molecule has 2 aromatic heterocycles. The minimum atomic E-state index is -0.211. The van der Waals surface area contributed by atoms with E-state index in [2.05, 4.69) is 27.5 Å². The average molecular weight is 356 g/mol. The Morgan fingerprint density at radius 2 is 2.21 bits per heavy atom. The van der Waals surface area contributed by atoms with Crippen molar-refractivity contribution in [1.29, 1.82) is 0 Å². The van der Waals surface area contributed by atoms with Crippen molar-refractivity contribution in [2.75, 3.05) is 5.32 Å². The zero-order valence-electron chi connectivity index (χ0n) is 13.4. The van der Waals surface area contributed by atoms with Crippen molar-refractivity contribution in [3.63, 3.8) is 0 Å².